The van der Waals surface area contributed by atoms with E-state index in [9.17, 15) is 13.2 Å². The summed E-state index contributed by atoms with van der Waals surface area (Å²) in [4.78, 5) is 15.4. The molecule has 2 saturated heterocycles. The third kappa shape index (κ3) is 3.94. The zero-order valence-corrected chi connectivity index (χ0v) is 18.9. The lowest BCUT2D eigenvalue weighted by molar-refractivity contribution is -0.137. The summed E-state index contributed by atoms with van der Waals surface area (Å²) in [5, 5.41) is 1.77. The molecule has 0 spiro atoms. The zero-order valence-electron chi connectivity index (χ0n) is 17.2. The average molecular weight is 463 g/mol. The van der Waals surface area contributed by atoms with Gasteiger partial charge in [0, 0.05) is 19.6 Å². The highest BCUT2D eigenvalue weighted by molar-refractivity contribution is 7.91. The van der Waals surface area contributed by atoms with Crippen LogP contribution in [0.2, 0.25) is 0 Å². The fraction of sp³-hybridized carbons (Fsp3) is 0.500. The number of benzene rings is 1. The van der Waals surface area contributed by atoms with E-state index in [-0.39, 0.29) is 24.4 Å². The van der Waals surface area contributed by atoms with E-state index in [0.29, 0.717) is 36.9 Å². The van der Waals surface area contributed by atoms with Crippen LogP contribution < -0.4 is 9.47 Å². The standard InChI is InChI=1S/C22H26N2O5S2/c25-22(17-4-1-9-23(15-17)31(26,27)21-6-3-13-30-21)24-10-2-5-18(24)16-7-8-19-20(14-16)29-12-11-28-19/h3,6-8,13-14,17-18H,1-2,4-5,9-12,15H2. The van der Waals surface area contributed by atoms with Crippen LogP contribution >= 0.6 is 11.3 Å². The fourth-order valence-electron chi connectivity index (χ4n) is 4.78. The predicted octanol–water partition coefficient (Wildman–Crippen LogP) is 3.28. The van der Waals surface area contributed by atoms with Gasteiger partial charge in [0.1, 0.15) is 17.4 Å². The van der Waals surface area contributed by atoms with Crippen molar-refractivity contribution in [3.63, 3.8) is 0 Å². The fourth-order valence-corrected chi connectivity index (χ4v) is 7.45. The molecule has 1 aromatic heterocycles. The van der Waals surface area contributed by atoms with Gasteiger partial charge < -0.3 is 14.4 Å². The molecule has 1 aromatic carbocycles. The summed E-state index contributed by atoms with van der Waals surface area (Å²) in [5.41, 5.74) is 1.05. The van der Waals surface area contributed by atoms with Crippen LogP contribution in [-0.4, -0.2) is 56.4 Å². The highest BCUT2D eigenvalue weighted by Gasteiger charge is 2.39. The number of sulfonamides is 1. The number of hydrogen-bond acceptors (Lipinski definition) is 6. The number of carbonyl (C=O) groups is 1. The highest BCUT2D eigenvalue weighted by Crippen LogP contribution is 2.39. The molecule has 2 fully saturated rings. The number of piperidine rings is 1. The number of nitrogens with zero attached hydrogens (tertiary/aromatic N) is 2. The van der Waals surface area contributed by atoms with Crippen molar-refractivity contribution in [2.75, 3.05) is 32.8 Å². The molecule has 0 radical (unpaired) electrons. The summed E-state index contributed by atoms with van der Waals surface area (Å²) in [6.07, 6.45) is 3.26. The van der Waals surface area contributed by atoms with Gasteiger partial charge in [-0.2, -0.15) is 4.31 Å². The van der Waals surface area contributed by atoms with Gasteiger partial charge in [0.05, 0.1) is 12.0 Å². The Bertz CT molecular complexity index is 1050. The van der Waals surface area contributed by atoms with Gasteiger partial charge in [-0.25, -0.2) is 8.42 Å². The molecule has 0 N–H and O–H groups in total. The molecule has 9 heteroatoms. The van der Waals surface area contributed by atoms with Crippen LogP contribution in [-0.2, 0) is 14.8 Å². The first-order valence-corrected chi connectivity index (χ1v) is 13.1. The Hall–Kier alpha value is -2.10. The minimum absolute atomic E-state index is 0.00685. The second-order valence-electron chi connectivity index (χ2n) is 8.23. The van der Waals surface area contributed by atoms with Crippen LogP contribution in [0.3, 0.4) is 0 Å². The zero-order chi connectivity index (χ0) is 21.4. The molecule has 5 rings (SSSR count). The molecule has 4 heterocycles. The number of amides is 1. The molecule has 2 aromatic rings. The summed E-state index contributed by atoms with van der Waals surface area (Å²) in [5.74, 6) is 1.23. The van der Waals surface area contributed by atoms with Crippen molar-refractivity contribution in [3.05, 3.63) is 41.3 Å². The third-order valence-corrected chi connectivity index (χ3v) is 9.55. The van der Waals surface area contributed by atoms with E-state index >= 15 is 0 Å². The lowest BCUT2D eigenvalue weighted by Gasteiger charge is -2.35. The largest absolute Gasteiger partial charge is 0.486 e. The van der Waals surface area contributed by atoms with E-state index < -0.39 is 10.0 Å². The van der Waals surface area contributed by atoms with Crippen molar-refractivity contribution in [2.45, 2.75) is 35.9 Å². The lowest BCUT2D eigenvalue weighted by Crippen LogP contribution is -2.46. The molecule has 3 aliphatic rings. The van der Waals surface area contributed by atoms with Crippen molar-refractivity contribution < 1.29 is 22.7 Å². The van der Waals surface area contributed by atoms with Crippen LogP contribution in [0.4, 0.5) is 0 Å². The summed E-state index contributed by atoms with van der Waals surface area (Å²) in [6, 6.07) is 9.28. The van der Waals surface area contributed by atoms with Crippen molar-refractivity contribution in [1.29, 1.82) is 0 Å². The van der Waals surface area contributed by atoms with E-state index in [1.165, 1.54) is 15.6 Å². The molecular formula is C22H26N2O5S2. The first kappa shape index (κ1) is 20.8. The second-order valence-corrected chi connectivity index (χ2v) is 11.3. The van der Waals surface area contributed by atoms with Crippen molar-refractivity contribution in [3.8, 4) is 11.5 Å². The van der Waals surface area contributed by atoms with Crippen molar-refractivity contribution >= 4 is 27.3 Å². The Labute approximate surface area is 186 Å². The number of ether oxygens (including phenoxy) is 2. The molecule has 166 valence electrons. The molecule has 0 aliphatic carbocycles. The summed E-state index contributed by atoms with van der Waals surface area (Å²) in [7, 11) is -3.53. The van der Waals surface area contributed by atoms with Gasteiger partial charge >= 0.3 is 0 Å². The number of likely N-dealkylation sites (tertiary alicyclic amines) is 1. The second kappa shape index (κ2) is 8.44. The molecule has 0 bridgehead atoms. The first-order chi connectivity index (χ1) is 15.0. The molecule has 31 heavy (non-hydrogen) atoms. The predicted molar refractivity (Wildman–Crippen MR) is 117 cm³/mol. The van der Waals surface area contributed by atoms with Crippen molar-refractivity contribution in [1.82, 2.24) is 9.21 Å². The molecule has 2 unspecified atom stereocenters. The van der Waals surface area contributed by atoms with Gasteiger partial charge in [-0.05, 0) is 54.8 Å². The number of fused-ring (bicyclic) bond motifs is 1. The Morgan fingerprint density at radius 2 is 1.84 bits per heavy atom. The Kier molecular flexibility index (Phi) is 5.66. The van der Waals surface area contributed by atoms with Gasteiger partial charge in [-0.15, -0.1) is 11.3 Å². The van der Waals surface area contributed by atoms with E-state index in [1.807, 2.05) is 23.1 Å². The number of carbonyl (C=O) groups excluding carboxylic acids is 1. The number of hydrogen-bond donors (Lipinski definition) is 0. The normalized spacial score (nSPS) is 24.3. The first-order valence-electron chi connectivity index (χ1n) is 10.8. The Morgan fingerprint density at radius 3 is 2.65 bits per heavy atom. The molecular weight excluding hydrogens is 436 g/mol. The Morgan fingerprint density at radius 1 is 1.03 bits per heavy atom. The maximum atomic E-state index is 13.5. The van der Waals surface area contributed by atoms with Gasteiger partial charge in [0.2, 0.25) is 5.91 Å². The Balaban J connectivity index is 1.33. The van der Waals surface area contributed by atoms with Gasteiger partial charge in [0.25, 0.3) is 10.0 Å². The van der Waals surface area contributed by atoms with E-state index in [4.69, 9.17) is 9.47 Å². The van der Waals surface area contributed by atoms with Crippen LogP contribution in [0.1, 0.15) is 37.3 Å². The van der Waals surface area contributed by atoms with Gasteiger partial charge in [-0.3, -0.25) is 4.79 Å². The van der Waals surface area contributed by atoms with Crippen LogP contribution in [0.15, 0.2) is 39.9 Å². The quantitative estimate of drug-likeness (QED) is 0.697. The minimum Gasteiger partial charge on any atom is -0.486 e. The smallest absolute Gasteiger partial charge is 0.252 e. The summed E-state index contributed by atoms with van der Waals surface area (Å²) < 4.78 is 39.1. The van der Waals surface area contributed by atoms with Crippen LogP contribution in [0, 0.1) is 5.92 Å². The summed E-state index contributed by atoms with van der Waals surface area (Å²) >= 11 is 1.22. The summed E-state index contributed by atoms with van der Waals surface area (Å²) in [6.45, 7) is 2.50. The maximum Gasteiger partial charge on any atom is 0.252 e. The van der Waals surface area contributed by atoms with Crippen LogP contribution in [0.25, 0.3) is 0 Å². The van der Waals surface area contributed by atoms with E-state index in [0.717, 1.165) is 36.3 Å². The molecule has 1 amide bonds. The highest BCUT2D eigenvalue weighted by atomic mass is 32.2. The molecule has 0 saturated carbocycles. The lowest BCUT2D eigenvalue weighted by atomic mass is 9.96. The van der Waals surface area contributed by atoms with Crippen molar-refractivity contribution in [2.24, 2.45) is 5.92 Å². The number of rotatable bonds is 4. The SMILES string of the molecule is O=C(C1CCCN(S(=O)(=O)c2cccs2)C1)N1CCCC1c1ccc2c(c1)OCCO2. The average Bonchev–Trinajstić information content (AvgIpc) is 3.51. The van der Waals surface area contributed by atoms with E-state index in [1.54, 1.807) is 17.5 Å². The third-order valence-electron chi connectivity index (χ3n) is 6.31. The van der Waals surface area contributed by atoms with Gasteiger partial charge in [-0.1, -0.05) is 12.1 Å². The van der Waals surface area contributed by atoms with Crippen LogP contribution in [0.5, 0.6) is 11.5 Å². The minimum atomic E-state index is -3.53. The molecule has 3 aliphatic heterocycles. The van der Waals surface area contributed by atoms with E-state index in [2.05, 4.69) is 0 Å². The monoisotopic (exact) mass is 462 g/mol. The molecule has 2 atom stereocenters. The molecule has 7 nitrogen and oxygen atoms in total. The number of thiophene rings is 1. The van der Waals surface area contributed by atoms with Gasteiger partial charge in [0.15, 0.2) is 11.5 Å². The topological polar surface area (TPSA) is 76.2 Å². The maximum absolute atomic E-state index is 13.5.